The van der Waals surface area contributed by atoms with Crippen molar-refractivity contribution in [1.29, 1.82) is 0 Å². The summed E-state index contributed by atoms with van der Waals surface area (Å²) in [7, 11) is 3.74. The molecule has 0 aliphatic heterocycles. The zero-order chi connectivity index (χ0) is 18.1. The Hall–Kier alpha value is -2.31. The maximum absolute atomic E-state index is 5.95. The van der Waals surface area contributed by atoms with Crippen molar-refractivity contribution < 1.29 is 9.15 Å². The maximum Gasteiger partial charge on any atom is 0.189 e. The van der Waals surface area contributed by atoms with Gasteiger partial charge < -0.3 is 20.2 Å². The molecule has 0 saturated carbocycles. The molecule has 6 nitrogen and oxygen atoms in total. The van der Waals surface area contributed by atoms with Crippen LogP contribution in [0.15, 0.2) is 52.1 Å². The molecule has 0 spiro atoms. The Labute approximate surface area is 149 Å². The maximum atomic E-state index is 5.95. The molecule has 1 unspecified atom stereocenters. The van der Waals surface area contributed by atoms with Gasteiger partial charge in [-0.3, -0.25) is 4.90 Å². The van der Waals surface area contributed by atoms with Crippen LogP contribution in [-0.2, 0) is 24.4 Å². The lowest BCUT2D eigenvalue weighted by Crippen LogP contribution is -2.40. The topological polar surface area (TPSA) is 76.0 Å². The Balaban J connectivity index is 1.95. The van der Waals surface area contributed by atoms with Gasteiger partial charge in [0.25, 0.3) is 0 Å². The summed E-state index contributed by atoms with van der Waals surface area (Å²) < 4.78 is 10.5. The monoisotopic (exact) mass is 344 g/mol. The summed E-state index contributed by atoms with van der Waals surface area (Å²) in [5.74, 6) is 1.39. The van der Waals surface area contributed by atoms with Crippen molar-refractivity contribution in [3.05, 3.63) is 59.5 Å². The normalized spacial score (nSPS) is 13.2. The van der Waals surface area contributed by atoms with Gasteiger partial charge in [-0.05, 0) is 37.2 Å². The van der Waals surface area contributed by atoms with E-state index in [4.69, 9.17) is 14.9 Å². The minimum Gasteiger partial charge on any atom is -0.468 e. The van der Waals surface area contributed by atoms with Gasteiger partial charge in [-0.1, -0.05) is 24.3 Å². The van der Waals surface area contributed by atoms with Crippen molar-refractivity contribution in [2.24, 2.45) is 10.7 Å². The summed E-state index contributed by atoms with van der Waals surface area (Å²) in [6.45, 7) is 4.72. The second kappa shape index (κ2) is 9.86. The lowest BCUT2D eigenvalue weighted by molar-refractivity contribution is 0.179. The molecule has 1 heterocycles. The first-order chi connectivity index (χ1) is 12.1. The number of nitrogens with two attached hydrogens (primary N) is 1. The molecule has 1 aromatic carbocycles. The number of benzene rings is 1. The second-order valence-electron chi connectivity index (χ2n) is 6.22. The van der Waals surface area contributed by atoms with Crippen LogP contribution in [0.1, 0.15) is 23.8 Å². The highest BCUT2D eigenvalue weighted by Gasteiger charge is 2.08. The second-order valence-corrected chi connectivity index (χ2v) is 6.22. The van der Waals surface area contributed by atoms with Crippen molar-refractivity contribution in [1.82, 2.24) is 10.2 Å². The molecule has 0 bridgehead atoms. The lowest BCUT2D eigenvalue weighted by Gasteiger charge is -2.17. The van der Waals surface area contributed by atoms with Crippen molar-refractivity contribution in [2.75, 3.05) is 20.8 Å². The molecule has 1 aromatic heterocycles. The molecule has 136 valence electrons. The minimum atomic E-state index is 0.128. The highest BCUT2D eigenvalue weighted by molar-refractivity contribution is 5.78. The Morgan fingerprint density at radius 2 is 2.00 bits per heavy atom. The van der Waals surface area contributed by atoms with E-state index in [0.717, 1.165) is 24.4 Å². The average molecular weight is 344 g/mol. The smallest absolute Gasteiger partial charge is 0.189 e. The largest absolute Gasteiger partial charge is 0.468 e. The molecule has 0 saturated heterocycles. The number of guanidine groups is 1. The summed E-state index contributed by atoms with van der Waals surface area (Å²) in [5.41, 5.74) is 8.35. The lowest BCUT2D eigenvalue weighted by atomic mass is 10.1. The van der Waals surface area contributed by atoms with Crippen molar-refractivity contribution in [2.45, 2.75) is 32.6 Å². The van der Waals surface area contributed by atoms with Crippen molar-refractivity contribution in [3.63, 3.8) is 0 Å². The van der Waals surface area contributed by atoms with Crippen LogP contribution in [0.3, 0.4) is 0 Å². The number of ether oxygens (including phenoxy) is 1. The molecule has 3 N–H and O–H groups in total. The third-order valence-electron chi connectivity index (χ3n) is 3.80. The van der Waals surface area contributed by atoms with E-state index in [1.54, 1.807) is 13.4 Å². The van der Waals surface area contributed by atoms with Crippen LogP contribution in [0.4, 0.5) is 0 Å². The van der Waals surface area contributed by atoms with Gasteiger partial charge in [0.1, 0.15) is 5.76 Å². The Morgan fingerprint density at radius 1 is 1.24 bits per heavy atom. The van der Waals surface area contributed by atoms with Crippen LogP contribution in [0.2, 0.25) is 0 Å². The fourth-order valence-corrected chi connectivity index (χ4v) is 2.64. The fraction of sp³-hybridized carbons (Fsp3) is 0.421. The van der Waals surface area contributed by atoms with Gasteiger partial charge in [0.2, 0.25) is 0 Å². The zero-order valence-corrected chi connectivity index (χ0v) is 15.2. The Kier molecular flexibility index (Phi) is 7.50. The number of nitrogens with one attached hydrogen (secondary N) is 1. The zero-order valence-electron chi connectivity index (χ0n) is 15.2. The van der Waals surface area contributed by atoms with Crippen LogP contribution in [0.5, 0.6) is 0 Å². The highest BCUT2D eigenvalue weighted by Crippen LogP contribution is 2.14. The standard InChI is InChI=1S/C19H28N4O2/c1-15(14-24-3)22-19(20)21-11-16-7-4-5-8-17(16)12-23(2)13-18-9-6-10-25-18/h4-10,15H,11-14H2,1-3H3,(H3,20,21,22). The number of aliphatic imine (C=N–C) groups is 1. The predicted molar refractivity (Wildman–Crippen MR) is 100 cm³/mol. The number of hydrogen-bond acceptors (Lipinski definition) is 4. The van der Waals surface area contributed by atoms with Gasteiger partial charge in [-0.2, -0.15) is 0 Å². The molecular weight excluding hydrogens is 316 g/mol. The van der Waals surface area contributed by atoms with Crippen LogP contribution in [-0.4, -0.2) is 37.7 Å². The van der Waals surface area contributed by atoms with Gasteiger partial charge in [0, 0.05) is 19.7 Å². The number of furan rings is 1. The molecule has 0 aliphatic rings. The van der Waals surface area contributed by atoms with Crippen LogP contribution < -0.4 is 11.1 Å². The Bertz CT molecular complexity index is 655. The van der Waals surface area contributed by atoms with Gasteiger partial charge >= 0.3 is 0 Å². The molecule has 0 fully saturated rings. The molecule has 0 radical (unpaired) electrons. The van der Waals surface area contributed by atoms with Gasteiger partial charge in [-0.15, -0.1) is 0 Å². The molecule has 0 amide bonds. The van der Waals surface area contributed by atoms with Crippen molar-refractivity contribution in [3.8, 4) is 0 Å². The summed E-state index contributed by atoms with van der Waals surface area (Å²) in [6.07, 6.45) is 1.70. The van der Waals surface area contributed by atoms with Crippen LogP contribution in [0, 0.1) is 0 Å². The molecule has 2 rings (SSSR count). The number of rotatable bonds is 9. The van der Waals surface area contributed by atoms with E-state index in [1.807, 2.05) is 31.2 Å². The van der Waals surface area contributed by atoms with Crippen LogP contribution >= 0.6 is 0 Å². The Morgan fingerprint density at radius 3 is 2.68 bits per heavy atom. The summed E-state index contributed by atoms with van der Waals surface area (Å²) in [4.78, 5) is 6.66. The summed E-state index contributed by atoms with van der Waals surface area (Å²) >= 11 is 0. The number of nitrogens with zero attached hydrogens (tertiary/aromatic N) is 2. The average Bonchev–Trinajstić information content (AvgIpc) is 3.07. The van der Waals surface area contributed by atoms with E-state index >= 15 is 0 Å². The summed E-state index contributed by atoms with van der Waals surface area (Å²) in [5, 5.41) is 3.12. The van der Waals surface area contributed by atoms with E-state index in [2.05, 4.69) is 34.4 Å². The third-order valence-corrected chi connectivity index (χ3v) is 3.80. The molecule has 1 atom stereocenters. The molecule has 0 aliphatic carbocycles. The first kappa shape index (κ1) is 19.0. The minimum absolute atomic E-state index is 0.128. The van der Waals surface area contributed by atoms with Gasteiger partial charge in [0.15, 0.2) is 5.96 Å². The molecule has 6 heteroatoms. The fourth-order valence-electron chi connectivity index (χ4n) is 2.64. The van der Waals surface area contributed by atoms with Crippen LogP contribution in [0.25, 0.3) is 0 Å². The first-order valence-electron chi connectivity index (χ1n) is 8.41. The highest BCUT2D eigenvalue weighted by atomic mass is 16.5. The quantitative estimate of drug-likeness (QED) is 0.539. The molecular formula is C19H28N4O2. The van der Waals surface area contributed by atoms with E-state index in [-0.39, 0.29) is 6.04 Å². The molecule has 25 heavy (non-hydrogen) atoms. The summed E-state index contributed by atoms with van der Waals surface area (Å²) in [6, 6.07) is 12.3. The first-order valence-corrected chi connectivity index (χ1v) is 8.41. The molecule has 2 aromatic rings. The van der Waals surface area contributed by atoms with E-state index in [9.17, 15) is 0 Å². The van der Waals surface area contributed by atoms with Crippen molar-refractivity contribution >= 4 is 5.96 Å². The number of hydrogen-bond donors (Lipinski definition) is 2. The van der Waals surface area contributed by atoms with E-state index in [1.165, 1.54) is 5.56 Å². The third kappa shape index (κ3) is 6.60. The van der Waals surface area contributed by atoms with E-state index < -0.39 is 0 Å². The van der Waals surface area contributed by atoms with E-state index in [0.29, 0.717) is 19.1 Å². The van der Waals surface area contributed by atoms with Gasteiger partial charge in [-0.25, -0.2) is 4.99 Å². The predicted octanol–water partition coefficient (Wildman–Crippen LogP) is 2.35. The number of methoxy groups -OCH3 is 1. The SMILES string of the molecule is COCC(C)NC(N)=NCc1ccccc1CN(C)Cc1ccco1. The van der Waals surface area contributed by atoms with Gasteiger partial charge in [0.05, 0.1) is 26.0 Å².